The molecule has 1 aliphatic rings. The first-order valence-corrected chi connectivity index (χ1v) is 10.1. The van der Waals surface area contributed by atoms with Gasteiger partial charge in [-0.3, -0.25) is 4.79 Å². The number of hydrogen-bond acceptors (Lipinski definition) is 5. The second kappa shape index (κ2) is 8.53. The molecule has 1 aliphatic heterocycles. The number of anilines is 1. The van der Waals surface area contributed by atoms with E-state index < -0.39 is 10.0 Å². The van der Waals surface area contributed by atoms with E-state index in [-0.39, 0.29) is 24.1 Å². The second-order valence-corrected chi connectivity index (χ2v) is 8.43. The number of ether oxygens (including phenoxy) is 1. The molecule has 140 valence electrons. The van der Waals surface area contributed by atoms with E-state index in [2.05, 4.69) is 10.2 Å². The van der Waals surface area contributed by atoms with E-state index in [1.807, 2.05) is 24.3 Å². The predicted octanol–water partition coefficient (Wildman–Crippen LogP) is 0.919. The first-order chi connectivity index (χ1) is 11.8. The van der Waals surface area contributed by atoms with Crippen LogP contribution in [0.1, 0.15) is 13.8 Å². The van der Waals surface area contributed by atoms with Crippen LogP contribution in [-0.2, 0) is 14.8 Å². The third-order valence-electron chi connectivity index (χ3n) is 4.25. The number of nitrogens with zero attached hydrogens (tertiary/aromatic N) is 2. The lowest BCUT2D eigenvalue weighted by atomic mass is 10.2. The molecule has 8 heteroatoms. The van der Waals surface area contributed by atoms with E-state index in [9.17, 15) is 13.2 Å². The van der Waals surface area contributed by atoms with Crippen molar-refractivity contribution in [1.29, 1.82) is 0 Å². The summed E-state index contributed by atoms with van der Waals surface area (Å²) >= 11 is 0. The fraction of sp³-hybridized carbons (Fsp3) is 0.588. The van der Waals surface area contributed by atoms with Crippen molar-refractivity contribution >= 4 is 21.6 Å². The Labute approximate surface area is 150 Å². The molecule has 1 amide bonds. The van der Waals surface area contributed by atoms with Crippen molar-refractivity contribution in [2.24, 2.45) is 5.92 Å². The standard InChI is InChI=1S/C17H27N3O4S/c1-14(2)17(21)18-8-13-25(22,23)20-11-9-19(10-12-20)15-4-6-16(24-3)7-5-15/h4-7,14H,8-13H2,1-3H3,(H,18,21). The van der Waals surface area contributed by atoms with Gasteiger partial charge in [-0.25, -0.2) is 8.42 Å². The van der Waals surface area contributed by atoms with Crippen LogP contribution >= 0.6 is 0 Å². The molecule has 7 nitrogen and oxygen atoms in total. The zero-order valence-electron chi connectivity index (χ0n) is 15.1. The minimum absolute atomic E-state index is 0.0615. The highest BCUT2D eigenvalue weighted by molar-refractivity contribution is 7.89. The van der Waals surface area contributed by atoms with Crippen molar-refractivity contribution in [3.63, 3.8) is 0 Å². The number of nitrogens with one attached hydrogen (secondary N) is 1. The van der Waals surface area contributed by atoms with Crippen molar-refractivity contribution in [3.05, 3.63) is 24.3 Å². The van der Waals surface area contributed by atoms with E-state index in [1.54, 1.807) is 21.0 Å². The maximum Gasteiger partial charge on any atom is 0.222 e. The first kappa shape index (κ1) is 19.5. The maximum atomic E-state index is 12.4. The molecule has 1 aromatic carbocycles. The van der Waals surface area contributed by atoms with Gasteiger partial charge in [0.25, 0.3) is 0 Å². The highest BCUT2D eigenvalue weighted by Crippen LogP contribution is 2.21. The average molecular weight is 369 g/mol. The van der Waals surface area contributed by atoms with E-state index in [0.29, 0.717) is 26.2 Å². The van der Waals surface area contributed by atoms with Crippen LogP contribution in [0.4, 0.5) is 5.69 Å². The van der Waals surface area contributed by atoms with Gasteiger partial charge in [-0.15, -0.1) is 0 Å². The van der Waals surface area contributed by atoms with Gasteiger partial charge in [0, 0.05) is 44.3 Å². The fourth-order valence-corrected chi connectivity index (χ4v) is 3.99. The number of hydrogen-bond donors (Lipinski definition) is 1. The Hall–Kier alpha value is -1.80. The number of piperazine rings is 1. The first-order valence-electron chi connectivity index (χ1n) is 8.48. The van der Waals surface area contributed by atoms with Gasteiger partial charge in [0.05, 0.1) is 12.9 Å². The van der Waals surface area contributed by atoms with Crippen LogP contribution in [0.2, 0.25) is 0 Å². The number of amides is 1. The predicted molar refractivity (Wildman–Crippen MR) is 98.4 cm³/mol. The number of sulfonamides is 1. The Balaban J connectivity index is 1.84. The molecule has 0 saturated carbocycles. The zero-order chi connectivity index (χ0) is 18.4. The molecule has 0 atom stereocenters. The molecule has 0 radical (unpaired) electrons. The Morgan fingerprint density at radius 2 is 1.76 bits per heavy atom. The van der Waals surface area contributed by atoms with Crippen molar-refractivity contribution in [2.45, 2.75) is 13.8 Å². The molecule has 1 aromatic rings. The van der Waals surface area contributed by atoms with Crippen LogP contribution in [0.25, 0.3) is 0 Å². The Kier molecular flexibility index (Phi) is 6.66. The summed E-state index contributed by atoms with van der Waals surface area (Å²) in [5.41, 5.74) is 1.06. The summed E-state index contributed by atoms with van der Waals surface area (Å²) < 4.78 is 31.5. The van der Waals surface area contributed by atoms with Crippen LogP contribution < -0.4 is 15.0 Å². The smallest absolute Gasteiger partial charge is 0.222 e. The lowest BCUT2D eigenvalue weighted by Gasteiger charge is -2.35. The molecule has 0 spiro atoms. The molecule has 1 N–H and O–H groups in total. The minimum atomic E-state index is -3.35. The van der Waals surface area contributed by atoms with Gasteiger partial charge in [-0.2, -0.15) is 4.31 Å². The minimum Gasteiger partial charge on any atom is -0.497 e. The molecule has 1 saturated heterocycles. The summed E-state index contributed by atoms with van der Waals surface area (Å²) in [6.07, 6.45) is 0. The van der Waals surface area contributed by atoms with Crippen LogP contribution in [0.5, 0.6) is 5.75 Å². The van der Waals surface area contributed by atoms with E-state index in [4.69, 9.17) is 4.74 Å². The lowest BCUT2D eigenvalue weighted by Crippen LogP contribution is -2.50. The molecule has 0 aromatic heterocycles. The van der Waals surface area contributed by atoms with Crippen molar-refractivity contribution < 1.29 is 17.9 Å². The highest BCUT2D eigenvalue weighted by Gasteiger charge is 2.27. The molecule has 0 unspecified atom stereocenters. The van der Waals surface area contributed by atoms with Gasteiger partial charge in [-0.05, 0) is 24.3 Å². The number of carbonyl (C=O) groups is 1. The van der Waals surface area contributed by atoms with Crippen LogP contribution in [0.15, 0.2) is 24.3 Å². The largest absolute Gasteiger partial charge is 0.497 e. The summed E-state index contributed by atoms with van der Waals surface area (Å²) in [6.45, 7) is 5.90. The van der Waals surface area contributed by atoms with Gasteiger partial charge in [0.15, 0.2) is 0 Å². The topological polar surface area (TPSA) is 79.0 Å². The van der Waals surface area contributed by atoms with Crippen LogP contribution in [0, 0.1) is 5.92 Å². The third kappa shape index (κ3) is 5.34. The summed E-state index contributed by atoms with van der Waals surface area (Å²) in [7, 11) is -1.72. The van der Waals surface area contributed by atoms with Crippen molar-refractivity contribution in [3.8, 4) is 5.75 Å². The van der Waals surface area contributed by atoms with Crippen LogP contribution in [0.3, 0.4) is 0 Å². The van der Waals surface area contributed by atoms with E-state index >= 15 is 0 Å². The molecule has 0 bridgehead atoms. The number of methoxy groups -OCH3 is 1. The monoisotopic (exact) mass is 369 g/mol. The van der Waals surface area contributed by atoms with Crippen molar-refractivity contribution in [2.75, 3.05) is 50.5 Å². The van der Waals surface area contributed by atoms with Gasteiger partial charge < -0.3 is 15.0 Å². The number of rotatable bonds is 7. The molecular weight excluding hydrogens is 342 g/mol. The van der Waals surface area contributed by atoms with Crippen molar-refractivity contribution in [1.82, 2.24) is 9.62 Å². The molecule has 1 heterocycles. The molecular formula is C17H27N3O4S. The molecule has 2 rings (SSSR count). The van der Waals surface area contributed by atoms with E-state index in [0.717, 1.165) is 11.4 Å². The average Bonchev–Trinajstić information content (AvgIpc) is 2.61. The van der Waals surface area contributed by atoms with E-state index in [1.165, 1.54) is 4.31 Å². The third-order valence-corrected chi connectivity index (χ3v) is 6.13. The normalized spacial score (nSPS) is 16.1. The lowest BCUT2D eigenvalue weighted by molar-refractivity contribution is -0.123. The number of carbonyl (C=O) groups excluding carboxylic acids is 1. The van der Waals surface area contributed by atoms with Crippen LogP contribution in [-0.4, -0.2) is 64.2 Å². The molecule has 1 fully saturated rings. The van der Waals surface area contributed by atoms with Gasteiger partial charge in [0.1, 0.15) is 5.75 Å². The maximum absolute atomic E-state index is 12.4. The quantitative estimate of drug-likeness (QED) is 0.773. The summed E-state index contributed by atoms with van der Waals surface area (Å²) in [5.74, 6) is 0.470. The summed E-state index contributed by atoms with van der Waals surface area (Å²) in [4.78, 5) is 13.7. The second-order valence-electron chi connectivity index (χ2n) is 6.35. The Morgan fingerprint density at radius 1 is 1.16 bits per heavy atom. The zero-order valence-corrected chi connectivity index (χ0v) is 15.9. The summed E-state index contributed by atoms with van der Waals surface area (Å²) in [6, 6.07) is 7.75. The Bertz CT molecular complexity index is 666. The fourth-order valence-electron chi connectivity index (χ4n) is 2.65. The van der Waals surface area contributed by atoms with Gasteiger partial charge in [0.2, 0.25) is 15.9 Å². The van der Waals surface area contributed by atoms with Gasteiger partial charge in [-0.1, -0.05) is 13.8 Å². The number of benzene rings is 1. The SMILES string of the molecule is COc1ccc(N2CCN(S(=O)(=O)CCNC(=O)C(C)C)CC2)cc1. The highest BCUT2D eigenvalue weighted by atomic mass is 32.2. The summed E-state index contributed by atoms with van der Waals surface area (Å²) in [5, 5.41) is 2.66. The van der Waals surface area contributed by atoms with Gasteiger partial charge >= 0.3 is 0 Å². The Morgan fingerprint density at radius 3 is 2.28 bits per heavy atom. The molecule has 25 heavy (non-hydrogen) atoms. The molecule has 0 aliphatic carbocycles.